The van der Waals surface area contributed by atoms with E-state index in [1.165, 1.54) is 0 Å². The lowest BCUT2D eigenvalue weighted by Gasteiger charge is -2.25. The first-order valence-corrected chi connectivity index (χ1v) is 7.06. The molecular formula is C11H15NO3S. The standard InChI is InChI=1S/C11H15NO3S/c12-10-2-1-3-11(6-10)15-5-4-9-7-16(13,14)8-9/h1-3,6,9H,4-5,7-8,12H2. The van der Waals surface area contributed by atoms with Gasteiger partial charge in [-0.1, -0.05) is 6.07 Å². The van der Waals surface area contributed by atoms with Crippen molar-refractivity contribution in [2.45, 2.75) is 6.42 Å². The van der Waals surface area contributed by atoms with Gasteiger partial charge in [-0.15, -0.1) is 0 Å². The molecule has 0 bridgehead atoms. The average Bonchev–Trinajstić information content (AvgIpc) is 2.15. The number of nitrogens with two attached hydrogens (primary N) is 1. The van der Waals surface area contributed by atoms with Crippen LogP contribution in [-0.4, -0.2) is 26.5 Å². The van der Waals surface area contributed by atoms with Crippen molar-refractivity contribution >= 4 is 15.5 Å². The number of nitrogen functional groups attached to an aromatic ring is 1. The third kappa shape index (κ3) is 2.88. The summed E-state index contributed by atoms with van der Waals surface area (Å²) in [5, 5.41) is 0. The maximum absolute atomic E-state index is 10.9. The molecule has 1 saturated heterocycles. The van der Waals surface area contributed by atoms with Gasteiger partial charge in [0.05, 0.1) is 18.1 Å². The van der Waals surface area contributed by atoms with Crippen LogP contribution in [0.25, 0.3) is 0 Å². The Balaban J connectivity index is 1.73. The molecule has 16 heavy (non-hydrogen) atoms. The van der Waals surface area contributed by atoms with E-state index in [9.17, 15) is 8.42 Å². The van der Waals surface area contributed by atoms with E-state index < -0.39 is 9.84 Å². The Hall–Kier alpha value is -1.23. The van der Waals surface area contributed by atoms with Crippen LogP contribution in [0.1, 0.15) is 6.42 Å². The zero-order chi connectivity index (χ0) is 11.6. The molecule has 1 heterocycles. The second-order valence-corrected chi connectivity index (χ2v) is 6.31. The van der Waals surface area contributed by atoms with E-state index in [4.69, 9.17) is 10.5 Å². The van der Waals surface area contributed by atoms with Gasteiger partial charge in [0.15, 0.2) is 9.84 Å². The number of anilines is 1. The van der Waals surface area contributed by atoms with Crippen molar-refractivity contribution in [1.29, 1.82) is 0 Å². The summed E-state index contributed by atoms with van der Waals surface area (Å²) in [5.74, 6) is 1.63. The van der Waals surface area contributed by atoms with Crippen molar-refractivity contribution < 1.29 is 13.2 Å². The second-order valence-electron chi connectivity index (χ2n) is 4.15. The summed E-state index contributed by atoms with van der Waals surface area (Å²) in [6.07, 6.45) is 0.786. The van der Waals surface area contributed by atoms with Gasteiger partial charge >= 0.3 is 0 Å². The van der Waals surface area contributed by atoms with Crippen LogP contribution in [0, 0.1) is 5.92 Å². The topological polar surface area (TPSA) is 69.4 Å². The van der Waals surface area contributed by atoms with Gasteiger partial charge in [-0.25, -0.2) is 8.42 Å². The Morgan fingerprint density at radius 2 is 2.12 bits per heavy atom. The molecule has 1 aliphatic heterocycles. The van der Waals surface area contributed by atoms with Crippen LogP contribution >= 0.6 is 0 Å². The molecular weight excluding hydrogens is 226 g/mol. The fourth-order valence-corrected chi connectivity index (χ4v) is 3.46. The van der Waals surface area contributed by atoms with Crippen molar-refractivity contribution in [3.8, 4) is 5.75 Å². The summed E-state index contributed by atoms with van der Waals surface area (Å²) in [7, 11) is -2.71. The molecule has 2 N–H and O–H groups in total. The van der Waals surface area contributed by atoms with Crippen molar-refractivity contribution in [2.24, 2.45) is 5.92 Å². The van der Waals surface area contributed by atoms with Gasteiger partial charge in [0, 0.05) is 11.8 Å². The smallest absolute Gasteiger partial charge is 0.150 e. The molecule has 0 aliphatic carbocycles. The lowest BCUT2D eigenvalue weighted by Crippen LogP contribution is -2.37. The van der Waals surface area contributed by atoms with E-state index in [1.807, 2.05) is 12.1 Å². The van der Waals surface area contributed by atoms with Crippen molar-refractivity contribution in [3.63, 3.8) is 0 Å². The molecule has 0 amide bonds. The van der Waals surface area contributed by atoms with Gasteiger partial charge in [-0.2, -0.15) is 0 Å². The van der Waals surface area contributed by atoms with E-state index in [0.29, 0.717) is 23.8 Å². The first-order valence-electron chi connectivity index (χ1n) is 5.24. The summed E-state index contributed by atoms with van der Waals surface area (Å²) in [5.41, 5.74) is 6.27. The molecule has 1 fully saturated rings. The maximum Gasteiger partial charge on any atom is 0.150 e. The molecule has 0 aromatic heterocycles. The predicted octanol–water partition coefficient (Wildman–Crippen LogP) is 1.08. The molecule has 0 spiro atoms. The summed E-state index contributed by atoms with van der Waals surface area (Å²) >= 11 is 0. The highest BCUT2D eigenvalue weighted by Gasteiger charge is 2.32. The third-order valence-electron chi connectivity index (χ3n) is 2.63. The molecule has 2 rings (SSSR count). The minimum absolute atomic E-state index is 0.269. The molecule has 88 valence electrons. The Morgan fingerprint density at radius 3 is 2.75 bits per heavy atom. The molecule has 0 atom stereocenters. The molecule has 1 aromatic carbocycles. The number of hydrogen-bond acceptors (Lipinski definition) is 4. The zero-order valence-electron chi connectivity index (χ0n) is 8.93. The van der Waals surface area contributed by atoms with Crippen LogP contribution in [0.15, 0.2) is 24.3 Å². The number of sulfone groups is 1. The zero-order valence-corrected chi connectivity index (χ0v) is 9.74. The van der Waals surface area contributed by atoms with Gasteiger partial charge < -0.3 is 10.5 Å². The summed E-state index contributed by atoms with van der Waals surface area (Å²) in [4.78, 5) is 0. The van der Waals surface area contributed by atoms with Crippen molar-refractivity contribution in [2.75, 3.05) is 23.8 Å². The highest BCUT2D eigenvalue weighted by atomic mass is 32.2. The summed E-state index contributed by atoms with van der Waals surface area (Å²) in [6, 6.07) is 7.23. The number of hydrogen-bond donors (Lipinski definition) is 1. The SMILES string of the molecule is Nc1cccc(OCCC2CS(=O)(=O)C2)c1. The van der Waals surface area contributed by atoms with Gasteiger partial charge in [0.25, 0.3) is 0 Å². The number of rotatable bonds is 4. The first-order chi connectivity index (χ1) is 7.55. The van der Waals surface area contributed by atoms with Gasteiger partial charge in [0.1, 0.15) is 5.75 Å². The Labute approximate surface area is 95.3 Å². The fraction of sp³-hybridized carbons (Fsp3) is 0.455. The largest absolute Gasteiger partial charge is 0.494 e. The van der Waals surface area contributed by atoms with E-state index in [1.54, 1.807) is 12.1 Å². The Bertz CT molecular complexity index is 458. The van der Waals surface area contributed by atoms with Crippen LogP contribution in [0.2, 0.25) is 0 Å². The fourth-order valence-electron chi connectivity index (χ4n) is 1.78. The highest BCUT2D eigenvalue weighted by molar-refractivity contribution is 7.92. The van der Waals surface area contributed by atoms with Crippen LogP contribution in [0.5, 0.6) is 5.75 Å². The quantitative estimate of drug-likeness (QED) is 0.801. The van der Waals surface area contributed by atoms with E-state index in [2.05, 4.69) is 0 Å². The normalized spacial score (nSPS) is 19.0. The van der Waals surface area contributed by atoms with E-state index in [0.717, 1.165) is 12.2 Å². The van der Waals surface area contributed by atoms with Crippen molar-refractivity contribution in [1.82, 2.24) is 0 Å². The molecule has 4 nitrogen and oxygen atoms in total. The van der Waals surface area contributed by atoms with E-state index in [-0.39, 0.29) is 5.92 Å². The van der Waals surface area contributed by atoms with Crippen LogP contribution in [0.3, 0.4) is 0 Å². The predicted molar refractivity (Wildman–Crippen MR) is 63.1 cm³/mol. The van der Waals surface area contributed by atoms with Gasteiger partial charge in [-0.3, -0.25) is 0 Å². The summed E-state index contributed by atoms with van der Waals surface area (Å²) < 4.78 is 27.3. The molecule has 1 aliphatic rings. The van der Waals surface area contributed by atoms with Crippen LogP contribution in [0.4, 0.5) is 5.69 Å². The monoisotopic (exact) mass is 241 g/mol. The van der Waals surface area contributed by atoms with Gasteiger partial charge in [0.2, 0.25) is 0 Å². The maximum atomic E-state index is 10.9. The van der Waals surface area contributed by atoms with Crippen molar-refractivity contribution in [3.05, 3.63) is 24.3 Å². The molecule has 1 aromatic rings. The molecule has 0 saturated carbocycles. The lowest BCUT2D eigenvalue weighted by molar-refractivity contribution is 0.285. The molecule has 5 heteroatoms. The molecule has 0 unspecified atom stereocenters. The minimum Gasteiger partial charge on any atom is -0.494 e. The Morgan fingerprint density at radius 1 is 1.38 bits per heavy atom. The third-order valence-corrected chi connectivity index (χ3v) is 4.59. The van der Waals surface area contributed by atoms with Crippen LogP contribution < -0.4 is 10.5 Å². The summed E-state index contributed by atoms with van der Waals surface area (Å²) in [6.45, 7) is 0.545. The molecule has 0 radical (unpaired) electrons. The minimum atomic E-state index is -2.71. The van der Waals surface area contributed by atoms with E-state index >= 15 is 0 Å². The second kappa shape index (κ2) is 4.33. The average molecular weight is 241 g/mol. The van der Waals surface area contributed by atoms with Gasteiger partial charge in [-0.05, 0) is 24.5 Å². The number of benzene rings is 1. The first kappa shape index (κ1) is 11.3. The number of ether oxygens (including phenoxy) is 1. The highest BCUT2D eigenvalue weighted by Crippen LogP contribution is 2.22. The lowest BCUT2D eigenvalue weighted by atomic mass is 10.1. The Kier molecular flexibility index (Phi) is 3.05. The van der Waals surface area contributed by atoms with Crippen LogP contribution in [-0.2, 0) is 9.84 Å².